The Morgan fingerprint density at radius 1 is 0.968 bits per heavy atom. The van der Waals surface area contributed by atoms with Gasteiger partial charge in [0.05, 0.1) is 5.75 Å². The number of hydrogen-bond donors (Lipinski definition) is 1. The molecule has 0 saturated heterocycles. The van der Waals surface area contributed by atoms with Gasteiger partial charge in [0.2, 0.25) is 5.91 Å². The molecule has 3 aromatic carbocycles. The van der Waals surface area contributed by atoms with Gasteiger partial charge in [0.1, 0.15) is 0 Å². The lowest BCUT2D eigenvalue weighted by Crippen LogP contribution is -2.15. The maximum atomic E-state index is 12.6. The van der Waals surface area contributed by atoms with Crippen molar-refractivity contribution in [2.75, 3.05) is 11.1 Å². The summed E-state index contributed by atoms with van der Waals surface area (Å²) in [6.45, 7) is 3.98. The van der Waals surface area contributed by atoms with Gasteiger partial charge in [-0.1, -0.05) is 71.9 Å². The van der Waals surface area contributed by atoms with Crippen molar-refractivity contribution in [2.24, 2.45) is 0 Å². The number of para-hydroxylation sites is 1. The summed E-state index contributed by atoms with van der Waals surface area (Å²) in [5.74, 6) is 0.818. The highest BCUT2D eigenvalue weighted by Gasteiger charge is 2.18. The van der Waals surface area contributed by atoms with Crippen molar-refractivity contribution in [2.45, 2.75) is 19.0 Å². The second-order valence-corrected chi connectivity index (χ2v) is 8.47. The predicted octanol–water partition coefficient (Wildman–Crippen LogP) is 5.94. The number of aryl methyl sites for hydroxylation is 2. The SMILES string of the molecule is Cc1ccc(Cl)cc1NC(=O)CSc1nnc(-c2ccccc2C)n1-c1ccccc1. The second-order valence-electron chi connectivity index (χ2n) is 7.09. The topological polar surface area (TPSA) is 59.8 Å². The molecule has 0 bridgehead atoms. The summed E-state index contributed by atoms with van der Waals surface area (Å²) in [6, 6.07) is 23.4. The van der Waals surface area contributed by atoms with Crippen LogP contribution in [0.15, 0.2) is 78.0 Å². The van der Waals surface area contributed by atoms with E-state index in [2.05, 4.69) is 15.5 Å². The number of carbonyl (C=O) groups excluding carboxylic acids is 1. The minimum absolute atomic E-state index is 0.129. The Hall–Kier alpha value is -3.09. The third-order valence-electron chi connectivity index (χ3n) is 4.84. The van der Waals surface area contributed by atoms with E-state index in [4.69, 9.17) is 11.6 Å². The third kappa shape index (κ3) is 4.81. The predicted molar refractivity (Wildman–Crippen MR) is 127 cm³/mol. The molecule has 7 heteroatoms. The lowest BCUT2D eigenvalue weighted by molar-refractivity contribution is -0.113. The molecule has 1 heterocycles. The lowest BCUT2D eigenvalue weighted by Gasteiger charge is -2.12. The maximum absolute atomic E-state index is 12.6. The van der Waals surface area contributed by atoms with E-state index in [1.807, 2.05) is 79.1 Å². The van der Waals surface area contributed by atoms with Gasteiger partial charge in [0.15, 0.2) is 11.0 Å². The number of amides is 1. The summed E-state index contributed by atoms with van der Waals surface area (Å²) in [5, 5.41) is 13.0. The van der Waals surface area contributed by atoms with Gasteiger partial charge in [-0.3, -0.25) is 9.36 Å². The molecule has 0 radical (unpaired) electrons. The number of benzene rings is 3. The van der Waals surface area contributed by atoms with Crippen LogP contribution in [0.3, 0.4) is 0 Å². The van der Waals surface area contributed by atoms with Crippen LogP contribution in [-0.2, 0) is 4.79 Å². The Labute approximate surface area is 190 Å². The number of hydrogen-bond acceptors (Lipinski definition) is 4. The summed E-state index contributed by atoms with van der Waals surface area (Å²) in [7, 11) is 0. The Kier molecular flexibility index (Phi) is 6.39. The van der Waals surface area contributed by atoms with Crippen LogP contribution in [0.1, 0.15) is 11.1 Å². The van der Waals surface area contributed by atoms with Gasteiger partial charge in [-0.15, -0.1) is 10.2 Å². The summed E-state index contributed by atoms with van der Waals surface area (Å²) in [5.41, 5.74) is 4.72. The van der Waals surface area contributed by atoms with E-state index in [9.17, 15) is 4.79 Å². The molecule has 4 rings (SSSR count). The molecule has 31 heavy (non-hydrogen) atoms. The molecule has 0 saturated carbocycles. The minimum Gasteiger partial charge on any atom is -0.325 e. The van der Waals surface area contributed by atoms with E-state index in [-0.39, 0.29) is 11.7 Å². The number of nitrogens with zero attached hydrogens (tertiary/aromatic N) is 3. The molecule has 0 atom stereocenters. The summed E-state index contributed by atoms with van der Waals surface area (Å²) < 4.78 is 1.99. The molecule has 1 amide bonds. The highest BCUT2D eigenvalue weighted by molar-refractivity contribution is 7.99. The zero-order valence-electron chi connectivity index (χ0n) is 17.2. The molecule has 4 aromatic rings. The third-order valence-corrected chi connectivity index (χ3v) is 6.00. The van der Waals surface area contributed by atoms with E-state index in [1.165, 1.54) is 11.8 Å². The highest BCUT2D eigenvalue weighted by atomic mass is 35.5. The Bertz CT molecular complexity index is 1220. The molecule has 156 valence electrons. The zero-order valence-corrected chi connectivity index (χ0v) is 18.7. The Balaban J connectivity index is 1.61. The van der Waals surface area contributed by atoms with Crippen LogP contribution in [0.2, 0.25) is 5.02 Å². The standard InChI is InChI=1S/C24H21ClN4OS/c1-16-8-6-7-11-20(16)23-27-28-24(29(23)19-9-4-3-5-10-19)31-15-22(30)26-21-14-18(25)13-12-17(21)2/h3-14H,15H2,1-2H3,(H,26,30). The Morgan fingerprint density at radius 3 is 2.48 bits per heavy atom. The van der Waals surface area contributed by atoms with Gasteiger partial charge in [0, 0.05) is 22.0 Å². The average molecular weight is 449 g/mol. The zero-order chi connectivity index (χ0) is 21.8. The van der Waals surface area contributed by atoms with E-state index in [0.717, 1.165) is 28.2 Å². The molecule has 0 aliphatic rings. The van der Waals surface area contributed by atoms with E-state index >= 15 is 0 Å². The van der Waals surface area contributed by atoms with Crippen molar-refractivity contribution < 1.29 is 4.79 Å². The van der Waals surface area contributed by atoms with E-state index in [0.29, 0.717) is 15.9 Å². The van der Waals surface area contributed by atoms with Crippen LogP contribution in [-0.4, -0.2) is 26.4 Å². The monoisotopic (exact) mass is 448 g/mol. The minimum atomic E-state index is -0.129. The number of aromatic nitrogens is 3. The van der Waals surface area contributed by atoms with Crippen LogP contribution in [0.5, 0.6) is 0 Å². The van der Waals surface area contributed by atoms with Gasteiger partial charge in [-0.25, -0.2) is 0 Å². The quantitative estimate of drug-likeness (QED) is 0.371. The maximum Gasteiger partial charge on any atom is 0.234 e. The molecule has 1 N–H and O–H groups in total. The molecule has 0 aliphatic carbocycles. The molecule has 0 unspecified atom stereocenters. The van der Waals surface area contributed by atoms with Crippen molar-refractivity contribution in [1.29, 1.82) is 0 Å². The summed E-state index contributed by atoms with van der Waals surface area (Å²) >= 11 is 7.40. The van der Waals surface area contributed by atoms with Crippen molar-refractivity contribution in [3.8, 4) is 17.1 Å². The van der Waals surface area contributed by atoms with Crippen LogP contribution in [0.4, 0.5) is 5.69 Å². The molecular formula is C24H21ClN4OS. The molecule has 5 nitrogen and oxygen atoms in total. The van der Waals surface area contributed by atoms with E-state index < -0.39 is 0 Å². The molecule has 1 aromatic heterocycles. The molecule has 0 spiro atoms. The number of nitrogens with one attached hydrogen (secondary N) is 1. The normalized spacial score (nSPS) is 10.8. The molecule has 0 fully saturated rings. The van der Waals surface area contributed by atoms with Crippen LogP contribution in [0.25, 0.3) is 17.1 Å². The van der Waals surface area contributed by atoms with E-state index in [1.54, 1.807) is 12.1 Å². The molecule has 0 aliphatic heterocycles. The number of carbonyl (C=O) groups is 1. The fourth-order valence-corrected chi connectivity index (χ4v) is 4.14. The fraction of sp³-hybridized carbons (Fsp3) is 0.125. The van der Waals surface area contributed by atoms with Crippen molar-refractivity contribution in [1.82, 2.24) is 14.8 Å². The van der Waals surface area contributed by atoms with Crippen LogP contribution >= 0.6 is 23.4 Å². The van der Waals surface area contributed by atoms with Gasteiger partial charge in [-0.2, -0.15) is 0 Å². The van der Waals surface area contributed by atoms with Crippen molar-refractivity contribution in [3.63, 3.8) is 0 Å². The van der Waals surface area contributed by atoms with Crippen LogP contribution < -0.4 is 5.32 Å². The number of rotatable bonds is 6. The first-order valence-electron chi connectivity index (χ1n) is 9.78. The number of thioether (sulfide) groups is 1. The summed E-state index contributed by atoms with van der Waals surface area (Å²) in [4.78, 5) is 12.6. The largest absolute Gasteiger partial charge is 0.325 e. The summed E-state index contributed by atoms with van der Waals surface area (Å²) in [6.07, 6.45) is 0. The van der Waals surface area contributed by atoms with Crippen molar-refractivity contribution >= 4 is 35.0 Å². The van der Waals surface area contributed by atoms with Crippen LogP contribution in [0, 0.1) is 13.8 Å². The average Bonchev–Trinajstić information content (AvgIpc) is 3.19. The van der Waals surface area contributed by atoms with Crippen molar-refractivity contribution in [3.05, 3.63) is 88.9 Å². The number of anilines is 1. The first kappa shape index (κ1) is 21.2. The first-order chi connectivity index (χ1) is 15.0. The number of halogens is 1. The smallest absolute Gasteiger partial charge is 0.234 e. The highest BCUT2D eigenvalue weighted by Crippen LogP contribution is 2.30. The second kappa shape index (κ2) is 9.37. The molecular weight excluding hydrogens is 428 g/mol. The van der Waals surface area contributed by atoms with Gasteiger partial charge < -0.3 is 5.32 Å². The van der Waals surface area contributed by atoms with Gasteiger partial charge >= 0.3 is 0 Å². The Morgan fingerprint density at radius 2 is 1.71 bits per heavy atom. The first-order valence-corrected chi connectivity index (χ1v) is 11.1. The lowest BCUT2D eigenvalue weighted by atomic mass is 10.1. The van der Waals surface area contributed by atoms with Gasteiger partial charge in [0.25, 0.3) is 0 Å². The van der Waals surface area contributed by atoms with Gasteiger partial charge in [-0.05, 0) is 49.2 Å². The fourth-order valence-electron chi connectivity index (χ4n) is 3.22.